The second kappa shape index (κ2) is 7.49. The minimum atomic E-state index is -2.49. The molecule has 3 heterocycles. The molecule has 0 bridgehead atoms. The Morgan fingerprint density at radius 2 is 2.06 bits per heavy atom. The first-order valence-electron chi connectivity index (χ1n) is 11.8. The van der Waals surface area contributed by atoms with Gasteiger partial charge in [0.15, 0.2) is 0 Å². The van der Waals surface area contributed by atoms with Crippen molar-refractivity contribution in [3.63, 3.8) is 0 Å². The van der Waals surface area contributed by atoms with Crippen molar-refractivity contribution in [2.24, 2.45) is 17.8 Å². The Balaban J connectivity index is 1.68. The van der Waals surface area contributed by atoms with Crippen LogP contribution >= 0.6 is 0 Å². The smallest absolute Gasteiger partial charge is 0.257 e. The molecule has 3 aromatic heterocycles. The minimum Gasteiger partial charge on any atom is -0.470 e. The molecule has 2 N–H and O–H groups in total. The van der Waals surface area contributed by atoms with Gasteiger partial charge in [-0.1, -0.05) is 27.7 Å². The Morgan fingerprint density at radius 1 is 1.32 bits per heavy atom. The summed E-state index contributed by atoms with van der Waals surface area (Å²) in [6, 6.07) is 2.00. The van der Waals surface area contributed by atoms with Crippen molar-refractivity contribution in [3.05, 3.63) is 24.7 Å². The van der Waals surface area contributed by atoms with Crippen LogP contribution < -0.4 is 10.1 Å². The maximum atomic E-state index is 10.5. The molecule has 168 valence electrons. The van der Waals surface area contributed by atoms with E-state index in [2.05, 4.69) is 20.4 Å². The summed E-state index contributed by atoms with van der Waals surface area (Å²) in [5, 5.41) is 18.7. The molecular formula is C22H32N6O3. The number of aliphatic hydroxyl groups excluding tert-OH is 1. The Morgan fingerprint density at radius 3 is 2.74 bits per heavy atom. The normalized spacial score (nSPS) is 24.7. The molecule has 1 atom stereocenters. The number of nitrogens with zero attached hydrogens (tertiary/aromatic N) is 5. The van der Waals surface area contributed by atoms with Crippen LogP contribution in [0.4, 0.5) is 11.6 Å². The first kappa shape index (κ1) is 18.0. The highest BCUT2D eigenvalue weighted by Gasteiger charge is 2.63. The highest BCUT2D eigenvalue weighted by atomic mass is 16.5. The number of rotatable bonds is 7. The summed E-state index contributed by atoms with van der Waals surface area (Å²) in [6.07, 6.45) is 4.03. The van der Waals surface area contributed by atoms with Gasteiger partial charge in [0.2, 0.25) is 5.95 Å². The van der Waals surface area contributed by atoms with E-state index in [9.17, 15) is 5.11 Å². The second-order valence-electron chi connectivity index (χ2n) is 9.46. The van der Waals surface area contributed by atoms with Gasteiger partial charge in [-0.05, 0) is 13.0 Å². The summed E-state index contributed by atoms with van der Waals surface area (Å²) in [6.45, 7) is 7.71. The number of hydrogen-bond acceptors (Lipinski definition) is 7. The average molecular weight is 432 g/mol. The van der Waals surface area contributed by atoms with Crippen LogP contribution in [0.2, 0.25) is 0 Å². The highest BCUT2D eigenvalue weighted by Crippen LogP contribution is 2.55. The lowest BCUT2D eigenvalue weighted by Crippen LogP contribution is -2.69. The topological polar surface area (TPSA) is 99.3 Å². The molecule has 0 spiro atoms. The van der Waals surface area contributed by atoms with E-state index in [4.69, 9.17) is 13.6 Å². The molecule has 1 aliphatic carbocycles. The molecule has 0 amide bonds. The van der Waals surface area contributed by atoms with E-state index < -0.39 is 23.9 Å². The number of methoxy groups -OCH3 is 1. The molecule has 9 nitrogen and oxygen atoms in total. The van der Waals surface area contributed by atoms with E-state index >= 15 is 0 Å². The highest BCUT2D eigenvalue weighted by molar-refractivity contribution is 5.77. The number of aromatic nitrogens is 5. The molecule has 3 aromatic rings. The van der Waals surface area contributed by atoms with Gasteiger partial charge in [0.05, 0.1) is 24.9 Å². The number of hydrogen-bond donors (Lipinski definition) is 2. The standard InChI is InChI=1S/C22H32N6O3/c1-13(12-30-7)28-9-8-14-10-23-20(25-16(14)28)24-15-11-27(6)26-17(15)31-19-21(2,3)18(29)22(19,4)5/h8-11,13,18-19,29H,12H2,1-7H3,(H,23,24,25)/t13-,18-,19-/m0/s1/i6D3. The third kappa shape index (κ3) is 3.55. The summed E-state index contributed by atoms with van der Waals surface area (Å²) in [4.78, 5) is 9.02. The summed E-state index contributed by atoms with van der Waals surface area (Å²) < 4.78 is 37.6. The van der Waals surface area contributed by atoms with Crippen LogP contribution in [0.5, 0.6) is 5.88 Å². The minimum absolute atomic E-state index is 0.0666. The van der Waals surface area contributed by atoms with Crippen molar-refractivity contribution in [2.75, 3.05) is 19.0 Å². The molecule has 0 aromatic carbocycles. The van der Waals surface area contributed by atoms with Gasteiger partial charge in [0.25, 0.3) is 5.88 Å². The largest absolute Gasteiger partial charge is 0.470 e. The van der Waals surface area contributed by atoms with E-state index in [0.717, 1.165) is 15.7 Å². The van der Waals surface area contributed by atoms with Crippen LogP contribution in [0.3, 0.4) is 0 Å². The summed E-state index contributed by atoms with van der Waals surface area (Å²) >= 11 is 0. The molecule has 1 fully saturated rings. The zero-order valence-corrected chi connectivity index (χ0v) is 18.7. The fourth-order valence-corrected chi connectivity index (χ4v) is 4.85. The Labute approximate surface area is 186 Å². The number of ether oxygens (including phenoxy) is 2. The SMILES string of the molecule is [2H]C([2H])([2H])n1cc(Nc2ncc3ccn([C@@H](C)COC)c3n2)c(O[C@H]2C(C)(C)[C@H](O)C2(C)C)n1. The van der Waals surface area contributed by atoms with Crippen LogP contribution in [0.15, 0.2) is 24.7 Å². The number of anilines is 2. The third-order valence-corrected chi connectivity index (χ3v) is 6.26. The maximum absolute atomic E-state index is 10.5. The van der Waals surface area contributed by atoms with Gasteiger partial charge in [-0.2, -0.15) is 4.98 Å². The molecule has 1 aliphatic rings. The fraction of sp³-hybridized carbons (Fsp3) is 0.591. The molecule has 0 aliphatic heterocycles. The zero-order chi connectivity index (χ0) is 25.1. The number of aliphatic hydroxyl groups is 1. The van der Waals surface area contributed by atoms with E-state index in [1.165, 1.54) is 6.20 Å². The lowest BCUT2D eigenvalue weighted by atomic mass is 9.51. The number of nitrogens with one attached hydrogen (secondary N) is 1. The van der Waals surface area contributed by atoms with Crippen LogP contribution in [-0.4, -0.2) is 55.3 Å². The van der Waals surface area contributed by atoms with Crippen molar-refractivity contribution in [1.82, 2.24) is 24.3 Å². The molecule has 4 rings (SSSR count). The Hall–Kier alpha value is -2.65. The van der Waals surface area contributed by atoms with Gasteiger partial charge >= 0.3 is 0 Å². The van der Waals surface area contributed by atoms with Crippen LogP contribution in [0, 0.1) is 10.8 Å². The van der Waals surface area contributed by atoms with E-state index in [0.29, 0.717) is 12.3 Å². The van der Waals surface area contributed by atoms with Gasteiger partial charge < -0.3 is 24.5 Å². The summed E-state index contributed by atoms with van der Waals surface area (Å²) in [5.41, 5.74) is -0.0140. The first-order chi connectivity index (χ1) is 15.8. The molecular weight excluding hydrogens is 396 g/mol. The number of aryl methyl sites for hydroxylation is 1. The van der Waals surface area contributed by atoms with E-state index in [1.807, 2.05) is 51.4 Å². The van der Waals surface area contributed by atoms with Gasteiger partial charge in [-0.25, -0.2) is 4.98 Å². The van der Waals surface area contributed by atoms with Crippen LogP contribution in [-0.2, 0) is 11.7 Å². The quantitative estimate of drug-likeness (QED) is 0.592. The Bertz CT molecular complexity index is 1170. The molecule has 1 saturated carbocycles. The zero-order valence-electron chi connectivity index (χ0n) is 21.7. The van der Waals surface area contributed by atoms with Crippen LogP contribution in [0.25, 0.3) is 11.0 Å². The van der Waals surface area contributed by atoms with Crippen molar-refractivity contribution >= 4 is 22.7 Å². The Kier molecular flexibility index (Phi) is 4.34. The van der Waals surface area contributed by atoms with Crippen molar-refractivity contribution in [3.8, 4) is 5.88 Å². The van der Waals surface area contributed by atoms with E-state index in [-0.39, 0.29) is 24.0 Å². The van der Waals surface area contributed by atoms with Crippen molar-refractivity contribution in [1.29, 1.82) is 0 Å². The first-order valence-corrected chi connectivity index (χ1v) is 10.3. The molecule has 31 heavy (non-hydrogen) atoms. The summed E-state index contributed by atoms with van der Waals surface area (Å²) in [5.74, 6) is 0.389. The molecule has 0 radical (unpaired) electrons. The van der Waals surface area contributed by atoms with Gasteiger partial charge in [-0.15, -0.1) is 5.10 Å². The average Bonchev–Trinajstić information content (AvgIpc) is 3.35. The number of fused-ring (bicyclic) bond motifs is 1. The van der Waals surface area contributed by atoms with Gasteiger partial charge in [0, 0.05) is 46.8 Å². The third-order valence-electron chi connectivity index (χ3n) is 6.26. The molecule has 0 saturated heterocycles. The van der Waals surface area contributed by atoms with Gasteiger partial charge in [0.1, 0.15) is 17.4 Å². The lowest BCUT2D eigenvalue weighted by molar-refractivity contribution is -0.237. The fourth-order valence-electron chi connectivity index (χ4n) is 4.85. The van der Waals surface area contributed by atoms with E-state index in [1.54, 1.807) is 13.3 Å². The maximum Gasteiger partial charge on any atom is 0.257 e. The second-order valence-corrected chi connectivity index (χ2v) is 9.46. The molecule has 0 unspecified atom stereocenters. The predicted molar refractivity (Wildman–Crippen MR) is 119 cm³/mol. The summed E-state index contributed by atoms with van der Waals surface area (Å²) in [7, 11) is 1.65. The van der Waals surface area contributed by atoms with Gasteiger partial charge in [-0.3, -0.25) is 4.68 Å². The van der Waals surface area contributed by atoms with Crippen LogP contribution in [0.1, 0.15) is 44.8 Å². The van der Waals surface area contributed by atoms with Crippen molar-refractivity contribution in [2.45, 2.75) is 52.9 Å². The predicted octanol–water partition coefficient (Wildman–Crippen LogP) is 3.29. The monoisotopic (exact) mass is 431 g/mol. The van der Waals surface area contributed by atoms with Crippen molar-refractivity contribution < 1.29 is 18.7 Å². The lowest BCUT2D eigenvalue weighted by Gasteiger charge is -2.60. The molecule has 9 heteroatoms.